The van der Waals surface area contributed by atoms with Crippen molar-refractivity contribution in [3.05, 3.63) is 73.3 Å². The molecular weight excluding hydrogens is 356 g/mol. The first kappa shape index (κ1) is 19.0. The number of carbonyl (C=O) groups is 2. The molecule has 0 bridgehead atoms. The van der Waals surface area contributed by atoms with Crippen LogP contribution in [-0.4, -0.2) is 30.3 Å². The Hall–Kier alpha value is -3.80. The lowest BCUT2D eigenvalue weighted by atomic mass is 9.98. The second-order valence-corrected chi connectivity index (χ2v) is 6.01. The maximum absolute atomic E-state index is 11.9. The zero-order chi connectivity index (χ0) is 19.9. The molecule has 0 saturated carbocycles. The van der Waals surface area contributed by atoms with Gasteiger partial charge in [-0.1, -0.05) is 49.0 Å². The minimum Gasteiger partial charge on any atom is -0.507 e. The predicted octanol–water partition coefficient (Wildman–Crippen LogP) is 4.06. The Morgan fingerprint density at radius 3 is 2.46 bits per heavy atom. The number of aromatic hydroxyl groups is 1. The number of carbonyl (C=O) groups excluding carboxylic acids is 2. The summed E-state index contributed by atoms with van der Waals surface area (Å²) in [6.45, 7) is 3.57. The molecule has 6 heteroatoms. The van der Waals surface area contributed by atoms with Crippen LogP contribution >= 0.6 is 0 Å². The first-order valence-electron chi connectivity index (χ1n) is 8.73. The van der Waals surface area contributed by atoms with Gasteiger partial charge < -0.3 is 20.5 Å². The van der Waals surface area contributed by atoms with Crippen molar-refractivity contribution in [1.82, 2.24) is 5.32 Å². The topological polar surface area (TPSA) is 87.7 Å². The Bertz CT molecular complexity index is 1010. The molecule has 142 valence electrons. The van der Waals surface area contributed by atoms with Crippen LogP contribution in [-0.2, 0) is 9.53 Å². The molecule has 0 aliphatic heterocycles. The third-order valence-electron chi connectivity index (χ3n) is 4.15. The molecule has 0 fully saturated rings. The molecule has 0 unspecified atom stereocenters. The number of anilines is 1. The zero-order valence-corrected chi connectivity index (χ0v) is 15.1. The van der Waals surface area contributed by atoms with E-state index in [1.807, 2.05) is 42.5 Å². The molecular formula is C22H20N2O4. The molecule has 2 amide bonds. The Morgan fingerprint density at radius 1 is 1.00 bits per heavy atom. The van der Waals surface area contributed by atoms with Crippen LogP contribution in [0.1, 0.15) is 0 Å². The van der Waals surface area contributed by atoms with Crippen molar-refractivity contribution in [2.24, 2.45) is 0 Å². The smallest absolute Gasteiger partial charge is 0.330 e. The number of hydrogen-bond donors (Lipinski definition) is 3. The first-order valence-corrected chi connectivity index (χ1v) is 8.73. The molecule has 0 spiro atoms. The molecule has 3 aromatic rings. The number of esters is 1. The number of rotatable bonds is 6. The summed E-state index contributed by atoms with van der Waals surface area (Å²) in [5.74, 6) is -0.285. The van der Waals surface area contributed by atoms with Crippen LogP contribution in [0.3, 0.4) is 0 Å². The fourth-order valence-corrected chi connectivity index (χ4v) is 2.83. The van der Waals surface area contributed by atoms with Crippen LogP contribution in [0.2, 0.25) is 0 Å². The van der Waals surface area contributed by atoms with Crippen molar-refractivity contribution in [2.45, 2.75) is 0 Å². The van der Waals surface area contributed by atoms with Crippen LogP contribution in [0.15, 0.2) is 73.3 Å². The van der Waals surface area contributed by atoms with Crippen molar-refractivity contribution >= 4 is 28.5 Å². The number of amides is 2. The maximum atomic E-state index is 11.9. The SMILES string of the molecule is C=CC(=O)OCCNC(=O)Nc1ccc(-c2cccc3c(O)cccc23)cc1. The third-order valence-corrected chi connectivity index (χ3v) is 4.15. The minimum atomic E-state index is -0.528. The van der Waals surface area contributed by atoms with Crippen molar-refractivity contribution in [1.29, 1.82) is 0 Å². The second kappa shape index (κ2) is 8.73. The number of ether oxygens (including phenoxy) is 1. The summed E-state index contributed by atoms with van der Waals surface area (Å²) in [7, 11) is 0. The highest BCUT2D eigenvalue weighted by molar-refractivity contribution is 6.00. The summed E-state index contributed by atoms with van der Waals surface area (Å²) in [5, 5.41) is 17.1. The number of nitrogens with one attached hydrogen (secondary N) is 2. The van der Waals surface area contributed by atoms with E-state index >= 15 is 0 Å². The molecule has 3 N–H and O–H groups in total. The Labute approximate surface area is 162 Å². The fourth-order valence-electron chi connectivity index (χ4n) is 2.83. The Kier molecular flexibility index (Phi) is 5.91. The molecule has 0 heterocycles. The van der Waals surface area contributed by atoms with Crippen LogP contribution in [0.5, 0.6) is 5.75 Å². The molecule has 0 aliphatic rings. The number of urea groups is 1. The zero-order valence-electron chi connectivity index (χ0n) is 15.1. The third kappa shape index (κ3) is 4.48. The highest BCUT2D eigenvalue weighted by Gasteiger charge is 2.07. The highest BCUT2D eigenvalue weighted by Crippen LogP contribution is 2.33. The van der Waals surface area contributed by atoms with Crippen LogP contribution in [0.4, 0.5) is 10.5 Å². The van der Waals surface area contributed by atoms with Gasteiger partial charge in [0, 0.05) is 17.1 Å². The molecule has 0 saturated heterocycles. The first-order chi connectivity index (χ1) is 13.6. The molecule has 0 aromatic heterocycles. The lowest BCUT2D eigenvalue weighted by Crippen LogP contribution is -2.31. The molecule has 28 heavy (non-hydrogen) atoms. The lowest BCUT2D eigenvalue weighted by molar-refractivity contribution is -0.137. The van der Waals surface area contributed by atoms with E-state index in [1.54, 1.807) is 18.2 Å². The quantitative estimate of drug-likeness (QED) is 0.344. The average Bonchev–Trinajstić information content (AvgIpc) is 2.71. The largest absolute Gasteiger partial charge is 0.507 e. The Morgan fingerprint density at radius 2 is 1.71 bits per heavy atom. The van der Waals surface area contributed by atoms with Gasteiger partial charge >= 0.3 is 12.0 Å². The number of phenols is 1. The highest BCUT2D eigenvalue weighted by atomic mass is 16.5. The standard InChI is InChI=1S/C22H20N2O4/c1-2-21(26)28-14-13-23-22(27)24-16-11-9-15(10-12-16)17-5-3-7-19-18(17)6-4-8-20(19)25/h2-12,25H,1,13-14H2,(H2,23,24,27). The monoisotopic (exact) mass is 376 g/mol. The van der Waals surface area contributed by atoms with E-state index in [2.05, 4.69) is 17.2 Å². The molecule has 0 atom stereocenters. The van der Waals surface area contributed by atoms with Gasteiger partial charge in [-0.15, -0.1) is 0 Å². The average molecular weight is 376 g/mol. The Balaban J connectivity index is 1.64. The van der Waals surface area contributed by atoms with E-state index in [0.717, 1.165) is 28.0 Å². The fraction of sp³-hybridized carbons (Fsp3) is 0.0909. The number of hydrogen-bond acceptors (Lipinski definition) is 4. The molecule has 6 nitrogen and oxygen atoms in total. The van der Waals surface area contributed by atoms with Crippen LogP contribution in [0, 0.1) is 0 Å². The van der Waals surface area contributed by atoms with Gasteiger partial charge in [-0.05, 0) is 34.7 Å². The summed E-state index contributed by atoms with van der Waals surface area (Å²) in [6, 6.07) is 18.2. The van der Waals surface area contributed by atoms with Gasteiger partial charge in [0.15, 0.2) is 0 Å². The van der Waals surface area contributed by atoms with Crippen LogP contribution < -0.4 is 10.6 Å². The van der Waals surface area contributed by atoms with Crippen molar-refractivity contribution in [2.75, 3.05) is 18.5 Å². The molecule has 0 aliphatic carbocycles. The summed E-state index contributed by atoms with van der Waals surface area (Å²) in [6.07, 6.45) is 1.07. The summed E-state index contributed by atoms with van der Waals surface area (Å²) in [5.41, 5.74) is 2.60. The van der Waals surface area contributed by atoms with Crippen molar-refractivity contribution < 1.29 is 19.4 Å². The molecule has 0 radical (unpaired) electrons. The van der Waals surface area contributed by atoms with Crippen molar-refractivity contribution in [3.63, 3.8) is 0 Å². The van der Waals surface area contributed by atoms with Crippen molar-refractivity contribution in [3.8, 4) is 16.9 Å². The number of fused-ring (bicyclic) bond motifs is 1. The van der Waals surface area contributed by atoms with Crippen LogP contribution in [0.25, 0.3) is 21.9 Å². The van der Waals surface area contributed by atoms with Gasteiger partial charge in [-0.3, -0.25) is 0 Å². The van der Waals surface area contributed by atoms with E-state index in [4.69, 9.17) is 4.74 Å². The van der Waals surface area contributed by atoms with Gasteiger partial charge in [0.25, 0.3) is 0 Å². The predicted molar refractivity (Wildman–Crippen MR) is 109 cm³/mol. The van der Waals surface area contributed by atoms with E-state index in [-0.39, 0.29) is 18.9 Å². The van der Waals surface area contributed by atoms with E-state index in [0.29, 0.717) is 5.69 Å². The molecule has 3 aromatic carbocycles. The summed E-state index contributed by atoms with van der Waals surface area (Å²) >= 11 is 0. The van der Waals surface area contributed by atoms with E-state index in [1.165, 1.54) is 0 Å². The summed E-state index contributed by atoms with van der Waals surface area (Å²) in [4.78, 5) is 22.8. The maximum Gasteiger partial charge on any atom is 0.330 e. The van der Waals surface area contributed by atoms with E-state index < -0.39 is 12.0 Å². The van der Waals surface area contributed by atoms with Gasteiger partial charge in [-0.2, -0.15) is 0 Å². The number of benzene rings is 3. The normalized spacial score (nSPS) is 10.3. The van der Waals surface area contributed by atoms with Gasteiger partial charge in [-0.25, -0.2) is 9.59 Å². The lowest BCUT2D eigenvalue weighted by Gasteiger charge is -2.10. The number of phenolic OH excluding ortho intramolecular Hbond substituents is 1. The molecule has 3 rings (SSSR count). The summed E-state index contributed by atoms with van der Waals surface area (Å²) < 4.78 is 4.78. The van der Waals surface area contributed by atoms with Gasteiger partial charge in [0.05, 0.1) is 6.54 Å². The minimum absolute atomic E-state index is 0.0745. The van der Waals surface area contributed by atoms with E-state index in [9.17, 15) is 14.7 Å². The second-order valence-electron chi connectivity index (χ2n) is 6.01. The van der Waals surface area contributed by atoms with Gasteiger partial charge in [0.2, 0.25) is 0 Å². The van der Waals surface area contributed by atoms with Gasteiger partial charge in [0.1, 0.15) is 12.4 Å².